The maximum atomic E-state index is 13.1. The van der Waals surface area contributed by atoms with Crippen LogP contribution in [0.4, 0.5) is 35.0 Å². The summed E-state index contributed by atoms with van der Waals surface area (Å²) >= 11 is 5.60. The van der Waals surface area contributed by atoms with Crippen molar-refractivity contribution in [1.82, 2.24) is 4.57 Å². The molecule has 0 spiro atoms. The van der Waals surface area contributed by atoms with Gasteiger partial charge in [-0.25, -0.2) is 4.79 Å². The number of carbonyl (C=O) groups excluding carboxylic acids is 2. The van der Waals surface area contributed by atoms with Crippen LogP contribution in [0.1, 0.15) is 32.8 Å². The van der Waals surface area contributed by atoms with Crippen LogP contribution < -0.4 is 15.7 Å². The summed E-state index contributed by atoms with van der Waals surface area (Å²) in [7, 11) is 0. The monoisotopic (exact) mass is 558 g/mol. The Morgan fingerprint density at radius 2 is 1.59 bits per heavy atom. The number of carbonyl (C=O) groups is 2. The van der Waals surface area contributed by atoms with Crippen molar-refractivity contribution in [1.29, 1.82) is 0 Å². The molecule has 39 heavy (non-hydrogen) atoms. The average Bonchev–Trinajstić information content (AvgIpc) is 3.25. The largest absolute Gasteiger partial charge is 0.417 e. The molecule has 0 unspecified atom stereocenters. The van der Waals surface area contributed by atoms with E-state index in [1.807, 2.05) is 55.8 Å². The summed E-state index contributed by atoms with van der Waals surface area (Å²) in [6.45, 7) is 6.00. The minimum atomic E-state index is -4.75. The SMILES string of the molecule is CC(C)(C)CC(=O)Nc1ccc2c(ccn2-c2ccc(NC(=O)N(O)c3ccc(Cl)c(C(F)(F)F)c3)cc2)c1. The van der Waals surface area contributed by atoms with Gasteiger partial charge in [0.1, 0.15) is 0 Å². The number of nitrogens with one attached hydrogen (secondary N) is 2. The predicted octanol–water partition coefficient (Wildman–Crippen LogP) is 8.11. The standard InChI is InChI=1S/C28H26ClF3N4O3/c1-27(2,3)16-25(37)33-19-6-11-24-17(14-19)12-13-35(24)20-7-4-18(5-8-20)34-26(38)36(39)21-9-10-23(29)22(15-21)28(30,31)32/h4-15,39H,16H2,1-3H3,(H,33,37)(H,34,38). The third-order valence-corrected chi connectivity index (χ3v) is 6.08. The number of hydrogen-bond donors (Lipinski definition) is 3. The molecule has 0 aliphatic carbocycles. The fourth-order valence-electron chi connectivity index (χ4n) is 3.99. The summed E-state index contributed by atoms with van der Waals surface area (Å²) in [6.07, 6.45) is -2.48. The van der Waals surface area contributed by atoms with Crippen molar-refractivity contribution in [2.45, 2.75) is 33.4 Å². The molecule has 0 bridgehead atoms. The fraction of sp³-hybridized carbons (Fsp3) is 0.214. The number of aromatic nitrogens is 1. The van der Waals surface area contributed by atoms with Gasteiger partial charge in [-0.15, -0.1) is 0 Å². The number of benzene rings is 3. The highest BCUT2D eigenvalue weighted by Crippen LogP contribution is 2.37. The van der Waals surface area contributed by atoms with Gasteiger partial charge in [-0.05, 0) is 72.1 Å². The highest BCUT2D eigenvalue weighted by Gasteiger charge is 2.34. The van der Waals surface area contributed by atoms with Crippen LogP contribution >= 0.6 is 11.6 Å². The number of hydroxylamine groups is 1. The first kappa shape index (κ1) is 28.0. The Hall–Kier alpha value is -4.02. The number of anilines is 3. The van der Waals surface area contributed by atoms with E-state index in [0.29, 0.717) is 23.9 Å². The van der Waals surface area contributed by atoms with E-state index in [2.05, 4.69) is 10.6 Å². The Labute approximate surface area is 227 Å². The van der Waals surface area contributed by atoms with Crippen molar-refractivity contribution >= 4 is 51.5 Å². The highest BCUT2D eigenvalue weighted by atomic mass is 35.5. The number of rotatable bonds is 5. The van der Waals surface area contributed by atoms with Gasteiger partial charge in [0, 0.05) is 35.1 Å². The second kappa shape index (κ2) is 10.6. The first-order valence-corrected chi connectivity index (χ1v) is 12.3. The fourth-order valence-corrected chi connectivity index (χ4v) is 4.22. The van der Waals surface area contributed by atoms with E-state index in [4.69, 9.17) is 11.6 Å². The van der Waals surface area contributed by atoms with Crippen molar-refractivity contribution in [2.24, 2.45) is 5.41 Å². The number of hydrogen-bond acceptors (Lipinski definition) is 3. The molecule has 0 aliphatic heterocycles. The molecule has 0 radical (unpaired) electrons. The topological polar surface area (TPSA) is 86.6 Å². The molecule has 4 rings (SSSR count). The first-order chi connectivity index (χ1) is 18.2. The van der Waals surface area contributed by atoms with E-state index in [1.54, 1.807) is 24.3 Å². The molecule has 0 aliphatic rings. The summed E-state index contributed by atoms with van der Waals surface area (Å²) in [4.78, 5) is 24.7. The van der Waals surface area contributed by atoms with Gasteiger partial charge in [0.15, 0.2) is 0 Å². The van der Waals surface area contributed by atoms with E-state index in [-0.39, 0.29) is 16.4 Å². The quantitative estimate of drug-likeness (QED) is 0.171. The molecule has 0 saturated carbocycles. The van der Waals surface area contributed by atoms with Gasteiger partial charge in [0.05, 0.1) is 21.8 Å². The molecule has 3 N–H and O–H groups in total. The Balaban J connectivity index is 1.46. The van der Waals surface area contributed by atoms with Gasteiger partial charge in [-0.3, -0.25) is 10.0 Å². The van der Waals surface area contributed by atoms with E-state index in [9.17, 15) is 28.0 Å². The summed E-state index contributed by atoms with van der Waals surface area (Å²) in [6, 6.07) is 15.8. The summed E-state index contributed by atoms with van der Waals surface area (Å²) in [5.74, 6) is -0.0581. The van der Waals surface area contributed by atoms with Gasteiger partial charge in [-0.2, -0.15) is 18.2 Å². The number of urea groups is 1. The van der Waals surface area contributed by atoms with E-state index < -0.39 is 28.5 Å². The molecule has 3 amide bonds. The molecule has 3 aromatic carbocycles. The Morgan fingerprint density at radius 3 is 2.23 bits per heavy atom. The maximum Gasteiger partial charge on any atom is 0.417 e. The van der Waals surface area contributed by atoms with Crippen LogP contribution in [-0.2, 0) is 11.0 Å². The van der Waals surface area contributed by atoms with E-state index >= 15 is 0 Å². The molecular weight excluding hydrogens is 533 g/mol. The van der Waals surface area contributed by atoms with Crippen molar-refractivity contribution in [3.8, 4) is 5.69 Å². The first-order valence-electron chi connectivity index (χ1n) is 11.9. The average molecular weight is 559 g/mol. The molecule has 0 fully saturated rings. The van der Waals surface area contributed by atoms with Crippen molar-refractivity contribution in [3.05, 3.63) is 83.5 Å². The molecule has 1 heterocycles. The number of nitrogens with zero attached hydrogens (tertiary/aromatic N) is 2. The van der Waals surface area contributed by atoms with E-state index in [1.165, 1.54) is 0 Å². The second-order valence-corrected chi connectivity index (χ2v) is 10.6. The zero-order chi connectivity index (χ0) is 28.5. The van der Waals surface area contributed by atoms with Crippen molar-refractivity contribution in [3.63, 3.8) is 0 Å². The Morgan fingerprint density at radius 1 is 0.923 bits per heavy atom. The lowest BCUT2D eigenvalue weighted by Gasteiger charge is -2.18. The molecule has 4 aromatic rings. The van der Waals surface area contributed by atoms with Crippen LogP contribution in [0.2, 0.25) is 5.02 Å². The van der Waals surface area contributed by atoms with Crippen LogP contribution in [-0.4, -0.2) is 21.7 Å². The maximum absolute atomic E-state index is 13.1. The minimum absolute atomic E-state index is 0.0581. The van der Waals surface area contributed by atoms with Crippen LogP contribution in [0.15, 0.2) is 72.9 Å². The van der Waals surface area contributed by atoms with Gasteiger partial charge >= 0.3 is 12.2 Å². The molecule has 0 atom stereocenters. The lowest BCUT2D eigenvalue weighted by atomic mass is 9.92. The zero-order valence-electron chi connectivity index (χ0n) is 21.3. The minimum Gasteiger partial charge on any atom is -0.326 e. The van der Waals surface area contributed by atoms with Crippen LogP contribution in [0.25, 0.3) is 16.6 Å². The normalized spacial score (nSPS) is 11.9. The Bertz CT molecular complexity index is 1530. The highest BCUT2D eigenvalue weighted by molar-refractivity contribution is 6.31. The number of alkyl halides is 3. The molecule has 1 aromatic heterocycles. The van der Waals surface area contributed by atoms with Crippen LogP contribution in [0.5, 0.6) is 0 Å². The molecule has 7 nitrogen and oxygen atoms in total. The smallest absolute Gasteiger partial charge is 0.326 e. The molecule has 0 saturated heterocycles. The molecule has 11 heteroatoms. The summed E-state index contributed by atoms with van der Waals surface area (Å²) < 4.78 is 41.3. The number of amides is 3. The Kier molecular flexibility index (Phi) is 7.63. The van der Waals surface area contributed by atoms with Gasteiger partial charge in [0.2, 0.25) is 5.91 Å². The van der Waals surface area contributed by atoms with Crippen LogP contribution in [0.3, 0.4) is 0 Å². The van der Waals surface area contributed by atoms with Crippen LogP contribution in [0, 0.1) is 5.41 Å². The van der Waals surface area contributed by atoms with E-state index in [0.717, 1.165) is 28.7 Å². The number of fused-ring (bicyclic) bond motifs is 1. The van der Waals surface area contributed by atoms with Gasteiger partial charge in [0.25, 0.3) is 0 Å². The molecule has 204 valence electrons. The zero-order valence-corrected chi connectivity index (χ0v) is 22.1. The lowest BCUT2D eigenvalue weighted by molar-refractivity contribution is -0.137. The van der Waals surface area contributed by atoms with Gasteiger partial charge < -0.3 is 15.2 Å². The lowest BCUT2D eigenvalue weighted by Crippen LogP contribution is -2.32. The van der Waals surface area contributed by atoms with Gasteiger partial charge in [-0.1, -0.05) is 32.4 Å². The third kappa shape index (κ3) is 6.71. The van der Waals surface area contributed by atoms with Crippen molar-refractivity contribution < 1.29 is 28.0 Å². The molecular formula is C28H26ClF3N4O3. The summed E-state index contributed by atoms with van der Waals surface area (Å²) in [5, 5.41) is 16.0. The predicted molar refractivity (Wildman–Crippen MR) is 146 cm³/mol. The van der Waals surface area contributed by atoms with Crippen molar-refractivity contribution in [2.75, 3.05) is 15.7 Å². The summed E-state index contributed by atoms with van der Waals surface area (Å²) in [5.41, 5.74) is 0.999. The number of halogens is 4. The second-order valence-electron chi connectivity index (χ2n) is 10.2. The third-order valence-electron chi connectivity index (χ3n) is 5.75.